The second kappa shape index (κ2) is 8.30. The minimum absolute atomic E-state index is 0.0129. The standard InChI is InChI=1S/C25H30N4O3/c1-17(2)29-23-21(14-26-29)20(13-22(27-23)19-7-5-4-6-8-19)24(30)28-15-18(3)32-25(16-28)9-11-31-12-10-25/h4-8,13-14,17-18H,9-12,15-16H2,1-3H3/t18-/m1/s1. The van der Waals surface area contributed by atoms with Gasteiger partial charge in [0.05, 0.1) is 41.1 Å². The number of ether oxygens (including phenoxy) is 2. The van der Waals surface area contributed by atoms with Crippen LogP contribution in [0.4, 0.5) is 0 Å². The Bertz CT molecular complexity index is 1120. The van der Waals surface area contributed by atoms with E-state index >= 15 is 0 Å². The molecular weight excluding hydrogens is 404 g/mol. The van der Waals surface area contributed by atoms with Gasteiger partial charge in [0.2, 0.25) is 0 Å². The number of amides is 1. The molecular formula is C25H30N4O3. The predicted molar refractivity (Wildman–Crippen MR) is 123 cm³/mol. The van der Waals surface area contributed by atoms with E-state index in [4.69, 9.17) is 14.5 Å². The Morgan fingerprint density at radius 2 is 1.94 bits per heavy atom. The Kier molecular flexibility index (Phi) is 5.47. The molecule has 2 saturated heterocycles. The molecule has 1 spiro atoms. The van der Waals surface area contributed by atoms with E-state index in [1.807, 2.05) is 52.9 Å². The lowest BCUT2D eigenvalue weighted by atomic mass is 9.90. The van der Waals surface area contributed by atoms with E-state index in [-0.39, 0.29) is 23.7 Å². The van der Waals surface area contributed by atoms with Gasteiger partial charge in [-0.3, -0.25) is 4.79 Å². The molecule has 4 heterocycles. The third-order valence-electron chi connectivity index (χ3n) is 6.45. The van der Waals surface area contributed by atoms with Crippen molar-refractivity contribution in [1.29, 1.82) is 0 Å². The number of fused-ring (bicyclic) bond motifs is 1. The van der Waals surface area contributed by atoms with Crippen molar-refractivity contribution < 1.29 is 14.3 Å². The lowest BCUT2D eigenvalue weighted by Crippen LogP contribution is -2.58. The summed E-state index contributed by atoms with van der Waals surface area (Å²) in [6.45, 7) is 8.70. The van der Waals surface area contributed by atoms with Gasteiger partial charge in [-0.05, 0) is 26.8 Å². The minimum atomic E-state index is -0.317. The number of benzene rings is 1. The number of morpholine rings is 1. The van der Waals surface area contributed by atoms with E-state index in [0.717, 1.165) is 35.1 Å². The summed E-state index contributed by atoms with van der Waals surface area (Å²) in [4.78, 5) is 20.8. The molecule has 3 aromatic rings. The van der Waals surface area contributed by atoms with E-state index in [9.17, 15) is 4.79 Å². The van der Waals surface area contributed by atoms with E-state index < -0.39 is 0 Å². The van der Waals surface area contributed by atoms with Crippen LogP contribution in [0, 0.1) is 0 Å². The van der Waals surface area contributed by atoms with Gasteiger partial charge in [0, 0.05) is 44.2 Å². The van der Waals surface area contributed by atoms with Crippen LogP contribution in [0.25, 0.3) is 22.3 Å². The SMILES string of the molecule is CC(C)n1ncc2c(C(=O)N3C[C@@H](C)OC4(CCOCC4)C3)cc(-c3ccccc3)nc21. The van der Waals surface area contributed by atoms with Crippen molar-refractivity contribution in [3.63, 3.8) is 0 Å². The summed E-state index contributed by atoms with van der Waals surface area (Å²) in [5.41, 5.74) is 2.84. The molecule has 0 saturated carbocycles. The van der Waals surface area contributed by atoms with Crippen LogP contribution in [0.1, 0.15) is 50.0 Å². The molecule has 0 bridgehead atoms. The second-order valence-electron chi connectivity index (χ2n) is 9.25. The highest BCUT2D eigenvalue weighted by Gasteiger charge is 2.42. The number of carbonyl (C=O) groups excluding carboxylic acids is 1. The minimum Gasteiger partial charge on any atom is -0.381 e. The third kappa shape index (κ3) is 3.80. The maximum absolute atomic E-state index is 13.9. The molecule has 32 heavy (non-hydrogen) atoms. The number of hydrogen-bond acceptors (Lipinski definition) is 5. The van der Waals surface area contributed by atoms with Crippen molar-refractivity contribution in [1.82, 2.24) is 19.7 Å². The van der Waals surface area contributed by atoms with E-state index in [0.29, 0.717) is 31.9 Å². The van der Waals surface area contributed by atoms with Gasteiger partial charge in [0.15, 0.2) is 5.65 Å². The monoisotopic (exact) mass is 434 g/mol. The number of rotatable bonds is 3. The maximum Gasteiger partial charge on any atom is 0.254 e. The zero-order chi connectivity index (χ0) is 22.3. The number of hydrogen-bond donors (Lipinski definition) is 0. The first-order valence-corrected chi connectivity index (χ1v) is 11.4. The second-order valence-corrected chi connectivity index (χ2v) is 9.25. The smallest absolute Gasteiger partial charge is 0.254 e. The van der Waals surface area contributed by atoms with E-state index in [2.05, 4.69) is 18.9 Å². The Hall–Kier alpha value is -2.77. The Balaban J connectivity index is 1.58. The topological polar surface area (TPSA) is 69.5 Å². The fraction of sp³-hybridized carbons (Fsp3) is 0.480. The summed E-state index contributed by atoms with van der Waals surface area (Å²) in [6.07, 6.45) is 3.38. The fourth-order valence-electron chi connectivity index (χ4n) is 4.90. The molecule has 7 heteroatoms. The predicted octanol–water partition coefficient (Wildman–Crippen LogP) is 4.09. The van der Waals surface area contributed by atoms with Crippen LogP contribution in [-0.4, -0.2) is 63.6 Å². The molecule has 1 aromatic carbocycles. The molecule has 2 aromatic heterocycles. The zero-order valence-electron chi connectivity index (χ0n) is 19.0. The first kappa shape index (κ1) is 21.1. The summed E-state index contributed by atoms with van der Waals surface area (Å²) in [6, 6.07) is 12.1. The van der Waals surface area contributed by atoms with Crippen LogP contribution in [0.5, 0.6) is 0 Å². The van der Waals surface area contributed by atoms with Crippen LogP contribution in [0.3, 0.4) is 0 Å². The van der Waals surface area contributed by atoms with Crippen LogP contribution in [0.15, 0.2) is 42.6 Å². The molecule has 0 N–H and O–H groups in total. The van der Waals surface area contributed by atoms with Crippen molar-refractivity contribution in [3.05, 3.63) is 48.2 Å². The Morgan fingerprint density at radius 3 is 2.66 bits per heavy atom. The van der Waals surface area contributed by atoms with Gasteiger partial charge in [-0.15, -0.1) is 0 Å². The van der Waals surface area contributed by atoms with Gasteiger partial charge in [0.1, 0.15) is 0 Å². The van der Waals surface area contributed by atoms with Crippen molar-refractivity contribution in [2.45, 2.75) is 51.4 Å². The third-order valence-corrected chi connectivity index (χ3v) is 6.45. The van der Waals surface area contributed by atoms with Crippen molar-refractivity contribution in [2.24, 2.45) is 0 Å². The number of pyridine rings is 1. The van der Waals surface area contributed by atoms with E-state index in [1.165, 1.54) is 0 Å². The van der Waals surface area contributed by atoms with Gasteiger partial charge < -0.3 is 14.4 Å². The molecule has 168 valence electrons. The lowest BCUT2D eigenvalue weighted by molar-refractivity contribution is -0.176. The quantitative estimate of drug-likeness (QED) is 0.621. The van der Waals surface area contributed by atoms with E-state index in [1.54, 1.807) is 6.20 Å². The van der Waals surface area contributed by atoms with Gasteiger partial charge in [-0.1, -0.05) is 30.3 Å². The molecule has 2 aliphatic heterocycles. The number of carbonyl (C=O) groups is 1. The van der Waals surface area contributed by atoms with Crippen LogP contribution in [-0.2, 0) is 9.47 Å². The molecule has 5 rings (SSSR count). The summed E-state index contributed by atoms with van der Waals surface area (Å²) >= 11 is 0. The summed E-state index contributed by atoms with van der Waals surface area (Å²) in [5, 5.41) is 5.35. The zero-order valence-corrected chi connectivity index (χ0v) is 19.0. The van der Waals surface area contributed by atoms with Crippen LogP contribution in [0.2, 0.25) is 0 Å². The lowest BCUT2D eigenvalue weighted by Gasteiger charge is -2.47. The van der Waals surface area contributed by atoms with Gasteiger partial charge in [-0.2, -0.15) is 5.10 Å². The van der Waals surface area contributed by atoms with Crippen LogP contribution >= 0.6 is 0 Å². The van der Waals surface area contributed by atoms with Crippen molar-refractivity contribution in [2.75, 3.05) is 26.3 Å². The Labute approximate surface area is 188 Å². The maximum atomic E-state index is 13.9. The summed E-state index contributed by atoms with van der Waals surface area (Å²) in [5.74, 6) is 0.0129. The van der Waals surface area contributed by atoms with Crippen LogP contribution < -0.4 is 0 Å². The summed E-state index contributed by atoms with van der Waals surface area (Å²) in [7, 11) is 0. The molecule has 0 radical (unpaired) electrons. The van der Waals surface area contributed by atoms with Gasteiger partial charge >= 0.3 is 0 Å². The molecule has 2 fully saturated rings. The average Bonchev–Trinajstić information content (AvgIpc) is 3.23. The summed E-state index contributed by atoms with van der Waals surface area (Å²) < 4.78 is 13.8. The molecule has 1 amide bonds. The molecule has 0 unspecified atom stereocenters. The Morgan fingerprint density at radius 1 is 1.19 bits per heavy atom. The first-order valence-electron chi connectivity index (χ1n) is 11.4. The fourth-order valence-corrected chi connectivity index (χ4v) is 4.90. The normalized spacial score (nSPS) is 20.9. The molecule has 7 nitrogen and oxygen atoms in total. The first-order chi connectivity index (χ1) is 15.5. The highest BCUT2D eigenvalue weighted by atomic mass is 16.5. The van der Waals surface area contributed by atoms with Gasteiger partial charge in [-0.25, -0.2) is 9.67 Å². The van der Waals surface area contributed by atoms with Gasteiger partial charge in [0.25, 0.3) is 5.91 Å². The van der Waals surface area contributed by atoms with Crippen molar-refractivity contribution in [3.8, 4) is 11.3 Å². The molecule has 1 atom stereocenters. The molecule has 2 aliphatic rings. The highest BCUT2D eigenvalue weighted by molar-refractivity contribution is 6.06. The average molecular weight is 435 g/mol. The highest BCUT2D eigenvalue weighted by Crippen LogP contribution is 2.33. The number of aromatic nitrogens is 3. The number of nitrogens with zero attached hydrogens (tertiary/aromatic N) is 4. The van der Waals surface area contributed by atoms with Crippen molar-refractivity contribution >= 4 is 16.9 Å². The largest absolute Gasteiger partial charge is 0.381 e. The molecule has 0 aliphatic carbocycles.